The van der Waals surface area contributed by atoms with Gasteiger partial charge in [-0.2, -0.15) is 0 Å². The van der Waals surface area contributed by atoms with Gasteiger partial charge in [0, 0.05) is 15.7 Å². The summed E-state index contributed by atoms with van der Waals surface area (Å²) in [5.74, 6) is 2.39. The van der Waals surface area contributed by atoms with Gasteiger partial charge in [-0.3, -0.25) is 0 Å². The average Bonchev–Trinajstić information content (AvgIpc) is 3.38. The highest BCUT2D eigenvalue weighted by Gasteiger charge is 2.28. The van der Waals surface area contributed by atoms with Crippen LogP contribution in [0, 0.1) is 5.92 Å². The molecule has 0 N–H and O–H groups in total. The highest BCUT2D eigenvalue weighted by molar-refractivity contribution is 7.26. The minimum Gasteiger partial charge on any atom is -0.488 e. The third kappa shape index (κ3) is 3.85. The van der Waals surface area contributed by atoms with Gasteiger partial charge in [0.15, 0.2) is 11.5 Å². The molecule has 4 heterocycles. The molecule has 0 fully saturated rings. The van der Waals surface area contributed by atoms with E-state index in [9.17, 15) is 0 Å². The lowest BCUT2D eigenvalue weighted by molar-refractivity contribution is 0.202. The summed E-state index contributed by atoms with van der Waals surface area (Å²) in [5, 5.41) is 4.25. The first-order chi connectivity index (χ1) is 12.9. The molecule has 0 saturated heterocycles. The van der Waals surface area contributed by atoms with Gasteiger partial charge < -0.3 is 9.47 Å². The van der Waals surface area contributed by atoms with Crippen LogP contribution in [-0.2, 0) is 0 Å². The molecule has 3 aromatic heterocycles. The molecular weight excluding hydrogens is 380 g/mol. The molecule has 2 nitrogen and oxygen atoms in total. The fraction of sp³-hybridized carbons (Fsp3) is 0.429. The minimum absolute atomic E-state index is 0.483. The van der Waals surface area contributed by atoms with E-state index < -0.39 is 0 Å². The largest absolute Gasteiger partial charge is 0.488 e. The molecule has 5 heteroatoms. The van der Waals surface area contributed by atoms with Crippen LogP contribution in [0.1, 0.15) is 39.0 Å². The Balaban J connectivity index is 1.59. The van der Waals surface area contributed by atoms with Crippen molar-refractivity contribution in [1.29, 1.82) is 0 Å². The van der Waals surface area contributed by atoms with Gasteiger partial charge in [-0.25, -0.2) is 0 Å². The molecule has 0 aromatic carbocycles. The van der Waals surface area contributed by atoms with Gasteiger partial charge in [0.2, 0.25) is 0 Å². The van der Waals surface area contributed by atoms with Crippen molar-refractivity contribution in [2.45, 2.75) is 39.0 Å². The van der Waals surface area contributed by atoms with Gasteiger partial charge in [-0.1, -0.05) is 44.7 Å². The van der Waals surface area contributed by atoms with E-state index in [4.69, 9.17) is 9.47 Å². The molecule has 0 saturated carbocycles. The van der Waals surface area contributed by atoms with Crippen molar-refractivity contribution in [1.82, 2.24) is 0 Å². The fourth-order valence-corrected chi connectivity index (χ4v) is 6.17. The summed E-state index contributed by atoms with van der Waals surface area (Å²) in [5.41, 5.74) is 0. The molecule has 0 spiro atoms. The van der Waals surface area contributed by atoms with Crippen molar-refractivity contribution < 1.29 is 9.47 Å². The van der Waals surface area contributed by atoms with Gasteiger partial charge in [-0.15, -0.1) is 34.0 Å². The van der Waals surface area contributed by atoms with Crippen molar-refractivity contribution in [2.75, 3.05) is 13.2 Å². The number of unbranched alkanes of at least 4 members (excludes halogenated alkanes) is 3. The Bertz CT molecular complexity index is 742. The van der Waals surface area contributed by atoms with Crippen LogP contribution in [0.2, 0.25) is 0 Å². The van der Waals surface area contributed by atoms with E-state index in [1.54, 1.807) is 34.0 Å². The Morgan fingerprint density at radius 1 is 0.885 bits per heavy atom. The number of rotatable bonds is 7. The molecule has 0 aliphatic carbocycles. The molecule has 4 rings (SSSR count). The highest BCUT2D eigenvalue weighted by atomic mass is 32.1. The summed E-state index contributed by atoms with van der Waals surface area (Å²) in [6.07, 6.45) is 6.38. The summed E-state index contributed by atoms with van der Waals surface area (Å²) in [6.45, 7) is 3.78. The normalized spacial score (nSPS) is 14.5. The van der Waals surface area contributed by atoms with Crippen LogP contribution in [0.15, 0.2) is 35.0 Å². The summed E-state index contributed by atoms with van der Waals surface area (Å²) in [6, 6.07) is 8.55. The molecule has 0 amide bonds. The Labute approximate surface area is 167 Å². The lowest BCUT2D eigenvalue weighted by Crippen LogP contribution is -2.17. The summed E-state index contributed by atoms with van der Waals surface area (Å²) in [4.78, 5) is 4.95. The van der Waals surface area contributed by atoms with Crippen molar-refractivity contribution in [3.05, 3.63) is 35.0 Å². The number of hydrogen-bond donors (Lipinski definition) is 0. The first-order valence-corrected chi connectivity index (χ1v) is 11.9. The third-order valence-electron chi connectivity index (χ3n) is 4.71. The second-order valence-electron chi connectivity index (χ2n) is 6.71. The summed E-state index contributed by atoms with van der Waals surface area (Å²) >= 11 is 5.33. The topological polar surface area (TPSA) is 18.5 Å². The Hall–Kier alpha value is -1.30. The van der Waals surface area contributed by atoms with Crippen LogP contribution in [0.4, 0.5) is 0 Å². The predicted octanol–water partition coefficient (Wildman–Crippen LogP) is 7.56. The third-order valence-corrected chi connectivity index (χ3v) is 7.96. The van der Waals surface area contributed by atoms with Crippen molar-refractivity contribution in [3.8, 4) is 31.0 Å². The Morgan fingerprint density at radius 2 is 1.50 bits per heavy atom. The molecule has 3 aromatic rings. The fourth-order valence-electron chi connectivity index (χ4n) is 3.28. The molecule has 1 aliphatic rings. The maximum absolute atomic E-state index is 6.35. The Kier molecular flexibility index (Phi) is 5.98. The zero-order chi connectivity index (χ0) is 17.8. The maximum atomic E-state index is 6.35. The van der Waals surface area contributed by atoms with E-state index >= 15 is 0 Å². The zero-order valence-corrected chi connectivity index (χ0v) is 17.5. The highest BCUT2D eigenvalue weighted by Crippen LogP contribution is 2.55. The molecule has 26 heavy (non-hydrogen) atoms. The second kappa shape index (κ2) is 8.59. The molecule has 1 aliphatic heterocycles. The van der Waals surface area contributed by atoms with E-state index in [1.165, 1.54) is 51.6 Å². The molecule has 0 bridgehead atoms. The Morgan fingerprint density at radius 3 is 2.00 bits per heavy atom. The van der Waals surface area contributed by atoms with Gasteiger partial charge in [0.25, 0.3) is 0 Å². The van der Waals surface area contributed by atoms with Crippen LogP contribution in [0.5, 0.6) is 11.5 Å². The summed E-state index contributed by atoms with van der Waals surface area (Å²) in [7, 11) is 0. The number of fused-ring (bicyclic) bond motifs is 1. The van der Waals surface area contributed by atoms with Crippen molar-refractivity contribution in [3.63, 3.8) is 0 Å². The van der Waals surface area contributed by atoms with Crippen LogP contribution >= 0.6 is 34.0 Å². The van der Waals surface area contributed by atoms with E-state index in [0.29, 0.717) is 5.92 Å². The SMILES string of the molecule is CCCCCCC1COc2c(-c3cccs3)sc(-c3cccs3)c2OC1. The zero-order valence-electron chi connectivity index (χ0n) is 15.0. The second-order valence-corrected chi connectivity index (χ2v) is 9.63. The van der Waals surface area contributed by atoms with E-state index in [0.717, 1.165) is 24.7 Å². The average molecular weight is 405 g/mol. The first kappa shape index (κ1) is 18.1. The lowest BCUT2D eigenvalue weighted by Gasteiger charge is -2.13. The van der Waals surface area contributed by atoms with Crippen LogP contribution < -0.4 is 9.47 Å². The molecule has 0 unspecified atom stereocenters. The van der Waals surface area contributed by atoms with Crippen molar-refractivity contribution in [2.24, 2.45) is 5.92 Å². The molecule has 138 valence electrons. The van der Waals surface area contributed by atoms with Gasteiger partial charge in [-0.05, 0) is 29.3 Å². The van der Waals surface area contributed by atoms with Gasteiger partial charge in [0.1, 0.15) is 0 Å². The van der Waals surface area contributed by atoms with Gasteiger partial charge in [0.05, 0.1) is 23.0 Å². The smallest absolute Gasteiger partial charge is 0.181 e. The number of hydrogen-bond acceptors (Lipinski definition) is 5. The summed E-state index contributed by atoms with van der Waals surface area (Å²) < 4.78 is 12.7. The molecular formula is C21H24O2S3. The monoisotopic (exact) mass is 404 g/mol. The first-order valence-electron chi connectivity index (χ1n) is 9.37. The van der Waals surface area contributed by atoms with Gasteiger partial charge >= 0.3 is 0 Å². The van der Waals surface area contributed by atoms with E-state index in [2.05, 4.69) is 41.9 Å². The van der Waals surface area contributed by atoms with E-state index in [1.807, 2.05) is 0 Å². The van der Waals surface area contributed by atoms with Crippen LogP contribution in [0.25, 0.3) is 19.5 Å². The van der Waals surface area contributed by atoms with Crippen LogP contribution in [-0.4, -0.2) is 13.2 Å². The lowest BCUT2D eigenvalue weighted by atomic mass is 10.0. The predicted molar refractivity (Wildman–Crippen MR) is 114 cm³/mol. The molecule has 0 atom stereocenters. The minimum atomic E-state index is 0.483. The van der Waals surface area contributed by atoms with E-state index in [-0.39, 0.29) is 0 Å². The van der Waals surface area contributed by atoms with Crippen LogP contribution in [0.3, 0.4) is 0 Å². The quantitative estimate of drug-likeness (QED) is 0.378. The number of ether oxygens (including phenoxy) is 2. The number of thiophene rings is 3. The maximum Gasteiger partial charge on any atom is 0.181 e. The van der Waals surface area contributed by atoms with Crippen molar-refractivity contribution >= 4 is 34.0 Å². The standard InChI is InChI=1S/C21H24O2S3/c1-2-3-4-5-8-15-13-22-18-19(23-14-15)21(17-10-7-12-25-17)26-20(18)16-9-6-11-24-16/h6-7,9-12,15H,2-5,8,13-14H2,1H3. The molecule has 0 radical (unpaired) electrons.